The summed E-state index contributed by atoms with van der Waals surface area (Å²) in [6.07, 6.45) is 7.14. The van der Waals surface area contributed by atoms with Crippen LogP contribution in [0.4, 0.5) is 5.82 Å². The maximum Gasteiger partial charge on any atom is 0.251 e. The molecule has 0 saturated carbocycles. The van der Waals surface area contributed by atoms with Crippen LogP contribution in [-0.2, 0) is 0 Å². The van der Waals surface area contributed by atoms with Gasteiger partial charge in [-0.15, -0.1) is 17.1 Å². The summed E-state index contributed by atoms with van der Waals surface area (Å²) in [6, 6.07) is 1.92. The normalized spacial score (nSPS) is 13.2. The highest BCUT2D eigenvalue weighted by atomic mass is 32.1. The highest BCUT2D eigenvalue weighted by Crippen LogP contribution is 2.35. The average Bonchev–Trinajstić information content (AvgIpc) is 2.97. The van der Waals surface area contributed by atoms with Gasteiger partial charge in [-0.3, -0.25) is 4.79 Å². The minimum absolute atomic E-state index is 0.405. The molecule has 1 aliphatic carbocycles. The molecule has 0 radical (unpaired) electrons. The van der Waals surface area contributed by atoms with Crippen molar-refractivity contribution in [2.45, 2.75) is 0 Å². The Morgan fingerprint density at radius 1 is 1.44 bits per heavy atom. The van der Waals surface area contributed by atoms with Gasteiger partial charge in [0.15, 0.2) is 0 Å². The van der Waals surface area contributed by atoms with Crippen molar-refractivity contribution < 1.29 is 4.79 Å². The lowest BCUT2D eigenvalue weighted by atomic mass is 10.2. The van der Waals surface area contributed by atoms with Crippen molar-refractivity contribution in [3.05, 3.63) is 46.7 Å². The number of anilines is 1. The van der Waals surface area contributed by atoms with Crippen LogP contribution in [0.25, 0.3) is 15.7 Å². The van der Waals surface area contributed by atoms with Crippen LogP contribution in [0.3, 0.4) is 0 Å². The number of allylic oxidation sites excluding steroid dienone is 3. The molecule has 0 bridgehead atoms. The van der Waals surface area contributed by atoms with E-state index in [9.17, 15) is 4.79 Å². The first-order valence-electron chi connectivity index (χ1n) is 5.28. The molecule has 0 aliphatic heterocycles. The lowest BCUT2D eigenvalue weighted by Crippen LogP contribution is -2.11. The highest BCUT2D eigenvalue weighted by molar-refractivity contribution is 7.20. The van der Waals surface area contributed by atoms with Gasteiger partial charge < -0.3 is 11.5 Å². The van der Waals surface area contributed by atoms with Gasteiger partial charge in [-0.2, -0.15) is 0 Å². The molecule has 1 aliphatic rings. The molecule has 0 saturated heterocycles. The molecule has 5 heteroatoms. The summed E-state index contributed by atoms with van der Waals surface area (Å²) in [5, 5.41) is 0.765. The van der Waals surface area contributed by atoms with Crippen LogP contribution in [0.5, 0.6) is 0 Å². The maximum atomic E-state index is 11.4. The third-order valence-electron chi connectivity index (χ3n) is 2.71. The predicted octanol–water partition coefficient (Wildman–Crippen LogP) is 2.09. The zero-order valence-electron chi connectivity index (χ0n) is 9.31. The van der Waals surface area contributed by atoms with Crippen LogP contribution in [0, 0.1) is 0 Å². The van der Waals surface area contributed by atoms with Crippen LogP contribution >= 0.6 is 11.3 Å². The molecule has 0 fully saturated rings. The summed E-state index contributed by atoms with van der Waals surface area (Å²) in [5.41, 5.74) is 15.7. The number of fused-ring (bicyclic) bond motifs is 1. The van der Waals surface area contributed by atoms with E-state index in [1.54, 1.807) is 0 Å². The van der Waals surface area contributed by atoms with Crippen molar-refractivity contribution in [2.75, 3.05) is 5.73 Å². The molecular formula is C13H9N3OS. The van der Waals surface area contributed by atoms with Crippen LogP contribution in [0.2, 0.25) is 0 Å². The number of hydrogen-bond donors (Lipinski definition) is 2. The summed E-state index contributed by atoms with van der Waals surface area (Å²) >= 11 is 1.47. The number of primary amides is 1. The molecule has 2 aromatic heterocycles. The zero-order chi connectivity index (χ0) is 12.7. The van der Waals surface area contributed by atoms with E-state index in [1.807, 2.05) is 24.3 Å². The molecule has 0 aromatic carbocycles. The molecule has 4 N–H and O–H groups in total. The first kappa shape index (κ1) is 10.8. The van der Waals surface area contributed by atoms with Crippen molar-refractivity contribution >= 4 is 38.7 Å². The summed E-state index contributed by atoms with van der Waals surface area (Å²) in [6.45, 7) is 0. The van der Waals surface area contributed by atoms with Crippen LogP contribution < -0.4 is 11.5 Å². The van der Waals surface area contributed by atoms with Gasteiger partial charge in [-0.1, -0.05) is 6.08 Å². The Morgan fingerprint density at radius 3 is 2.94 bits per heavy atom. The van der Waals surface area contributed by atoms with Crippen LogP contribution in [-0.4, -0.2) is 10.9 Å². The fourth-order valence-electron chi connectivity index (χ4n) is 1.84. The monoisotopic (exact) mass is 255 g/mol. The van der Waals surface area contributed by atoms with Gasteiger partial charge in [-0.25, -0.2) is 4.98 Å². The molecule has 0 spiro atoms. The average molecular weight is 255 g/mol. The number of aromatic nitrogens is 1. The molecule has 2 heterocycles. The number of rotatable bonds is 2. The number of nitrogen functional groups attached to an aromatic ring is 1. The second-order valence-electron chi connectivity index (χ2n) is 3.86. The quantitative estimate of drug-likeness (QED) is 0.806. The SMILES string of the molecule is NC(=O)c1cnc(N)c2cc(C3=C=CC=C3)sc12. The topological polar surface area (TPSA) is 82.0 Å². The Balaban J connectivity index is 2.31. The molecule has 18 heavy (non-hydrogen) atoms. The predicted molar refractivity (Wildman–Crippen MR) is 73.2 cm³/mol. The van der Waals surface area contributed by atoms with Crippen molar-refractivity contribution in [3.63, 3.8) is 0 Å². The number of nitrogens with zero attached hydrogens (tertiary/aromatic N) is 1. The third kappa shape index (κ3) is 1.54. The van der Waals surface area contributed by atoms with Crippen LogP contribution in [0.1, 0.15) is 15.2 Å². The number of hydrogen-bond acceptors (Lipinski definition) is 4. The standard InChI is InChI=1S/C13H9N3OS/c14-12-8-5-10(7-3-1-2-4-7)18-11(8)9(6-16-12)13(15)17/h1-3,5-6H,(H2,14,16)(H2,15,17). The fourth-order valence-corrected chi connectivity index (χ4v) is 3.01. The van der Waals surface area contributed by atoms with E-state index in [0.29, 0.717) is 11.4 Å². The molecule has 1 amide bonds. The van der Waals surface area contributed by atoms with E-state index in [2.05, 4.69) is 10.7 Å². The lowest BCUT2D eigenvalue weighted by Gasteiger charge is -1.99. The van der Waals surface area contributed by atoms with Gasteiger partial charge in [-0.05, 0) is 18.2 Å². The summed E-state index contributed by atoms with van der Waals surface area (Å²) in [4.78, 5) is 16.4. The van der Waals surface area contributed by atoms with E-state index >= 15 is 0 Å². The number of nitrogens with two attached hydrogens (primary N) is 2. The Morgan fingerprint density at radius 2 is 2.28 bits per heavy atom. The van der Waals surface area contributed by atoms with Gasteiger partial charge in [0.05, 0.1) is 10.3 Å². The first-order chi connectivity index (χ1) is 8.66. The zero-order valence-corrected chi connectivity index (χ0v) is 10.1. The summed E-state index contributed by atoms with van der Waals surface area (Å²) in [7, 11) is 0. The molecule has 0 unspecified atom stereocenters. The van der Waals surface area contributed by atoms with Crippen molar-refractivity contribution in [3.8, 4) is 0 Å². The third-order valence-corrected chi connectivity index (χ3v) is 3.92. The number of carbonyl (C=O) groups excluding carboxylic acids is 1. The highest BCUT2D eigenvalue weighted by Gasteiger charge is 2.15. The summed E-state index contributed by atoms with van der Waals surface area (Å²) in [5.74, 6) is -0.0866. The molecule has 3 rings (SSSR count). The molecule has 4 nitrogen and oxygen atoms in total. The van der Waals surface area contributed by atoms with Gasteiger partial charge in [0.25, 0.3) is 5.91 Å². The maximum absolute atomic E-state index is 11.4. The van der Waals surface area contributed by atoms with E-state index in [0.717, 1.165) is 20.5 Å². The molecule has 2 aromatic rings. The number of amides is 1. The van der Waals surface area contributed by atoms with E-state index in [1.165, 1.54) is 17.5 Å². The van der Waals surface area contributed by atoms with Crippen LogP contribution in [0.15, 0.2) is 36.2 Å². The van der Waals surface area contributed by atoms with Gasteiger partial charge in [0.1, 0.15) is 5.82 Å². The Kier molecular flexibility index (Phi) is 2.30. The van der Waals surface area contributed by atoms with E-state index < -0.39 is 5.91 Å². The smallest absolute Gasteiger partial charge is 0.251 e. The van der Waals surface area contributed by atoms with E-state index in [4.69, 9.17) is 11.5 Å². The van der Waals surface area contributed by atoms with E-state index in [-0.39, 0.29) is 0 Å². The molecule has 0 atom stereocenters. The van der Waals surface area contributed by atoms with Gasteiger partial charge in [0, 0.05) is 22.0 Å². The molecular weight excluding hydrogens is 246 g/mol. The lowest BCUT2D eigenvalue weighted by molar-refractivity contribution is 0.100. The second-order valence-corrected chi connectivity index (χ2v) is 4.91. The minimum Gasteiger partial charge on any atom is -0.383 e. The van der Waals surface area contributed by atoms with Gasteiger partial charge in [0.2, 0.25) is 0 Å². The van der Waals surface area contributed by atoms with Crippen molar-refractivity contribution in [2.24, 2.45) is 5.73 Å². The molecule has 88 valence electrons. The summed E-state index contributed by atoms with van der Waals surface area (Å²) < 4.78 is 0.777. The fraction of sp³-hybridized carbons (Fsp3) is 0. The Bertz CT molecular complexity index is 764. The largest absolute Gasteiger partial charge is 0.383 e. The number of pyridine rings is 1. The Labute approximate surface area is 107 Å². The second kappa shape index (κ2) is 3.84. The minimum atomic E-state index is -0.493. The van der Waals surface area contributed by atoms with Crippen molar-refractivity contribution in [1.82, 2.24) is 4.98 Å². The number of thiophene rings is 1. The first-order valence-corrected chi connectivity index (χ1v) is 6.10. The van der Waals surface area contributed by atoms with Gasteiger partial charge >= 0.3 is 0 Å². The van der Waals surface area contributed by atoms with Crippen molar-refractivity contribution in [1.29, 1.82) is 0 Å². The Hall–Kier alpha value is -2.36. The number of carbonyl (C=O) groups is 1.